The summed E-state index contributed by atoms with van der Waals surface area (Å²) in [4.78, 5) is 9.10. The summed E-state index contributed by atoms with van der Waals surface area (Å²) in [5.41, 5.74) is 3.21. The van der Waals surface area contributed by atoms with Gasteiger partial charge >= 0.3 is 0 Å². The van der Waals surface area contributed by atoms with Crippen LogP contribution in [0.2, 0.25) is 0 Å². The number of rotatable bonds is 3. The topological polar surface area (TPSA) is 58.0 Å². The van der Waals surface area contributed by atoms with Crippen LogP contribution >= 0.6 is 24.2 Å². The van der Waals surface area contributed by atoms with Gasteiger partial charge in [0.2, 0.25) is 0 Å². The largest absolute Gasteiger partial charge is 0.508 e. The van der Waals surface area contributed by atoms with Crippen molar-refractivity contribution in [2.45, 2.75) is 24.4 Å². The predicted octanol–water partition coefficient (Wildman–Crippen LogP) is 3.56. The average Bonchev–Trinajstić information content (AvgIpc) is 2.87. The third-order valence-corrected chi connectivity index (χ3v) is 3.75. The van der Waals surface area contributed by atoms with E-state index in [0.717, 1.165) is 41.6 Å². The first-order valence-electron chi connectivity index (χ1n) is 6.26. The zero-order valence-electron chi connectivity index (χ0n) is 11.1. The van der Waals surface area contributed by atoms with Crippen molar-refractivity contribution < 1.29 is 5.11 Å². The number of phenolic OH excluding ortho intramolecular Hbond substituents is 1. The molecule has 0 fully saturated rings. The number of hydrogen-bond donors (Lipinski definition) is 2. The number of aromatic nitrogens is 2. The lowest BCUT2D eigenvalue weighted by molar-refractivity contribution is 0.475. The fourth-order valence-corrected chi connectivity index (χ4v) is 2.71. The van der Waals surface area contributed by atoms with Crippen LogP contribution in [0.5, 0.6) is 5.75 Å². The van der Waals surface area contributed by atoms with Crippen molar-refractivity contribution in [1.82, 2.24) is 9.97 Å². The summed E-state index contributed by atoms with van der Waals surface area (Å²) in [6, 6.07) is 7.08. The van der Waals surface area contributed by atoms with Crippen LogP contribution < -0.4 is 5.32 Å². The molecule has 1 aliphatic rings. The summed E-state index contributed by atoms with van der Waals surface area (Å²) in [6.45, 7) is 0. The fourth-order valence-electron chi connectivity index (χ4n) is 2.32. The van der Waals surface area contributed by atoms with Gasteiger partial charge in [-0.25, -0.2) is 9.97 Å². The predicted molar refractivity (Wildman–Crippen MR) is 84.5 cm³/mol. The lowest BCUT2D eigenvalue weighted by Gasteiger charge is -2.11. The van der Waals surface area contributed by atoms with Crippen LogP contribution in [0.4, 0.5) is 11.5 Å². The summed E-state index contributed by atoms with van der Waals surface area (Å²) < 4.78 is 0. The SMILES string of the molecule is CSc1nc2c(c(Nc3cccc(O)c3)n1)CCC2.Cl. The Hall–Kier alpha value is -1.46. The number of aromatic hydroxyl groups is 1. The van der Waals surface area contributed by atoms with Crippen LogP contribution in [0.1, 0.15) is 17.7 Å². The van der Waals surface area contributed by atoms with E-state index in [0.29, 0.717) is 0 Å². The van der Waals surface area contributed by atoms with Crippen LogP contribution in [0.15, 0.2) is 29.4 Å². The van der Waals surface area contributed by atoms with Gasteiger partial charge in [0.05, 0.1) is 5.69 Å². The van der Waals surface area contributed by atoms with Gasteiger partial charge in [-0.3, -0.25) is 0 Å². The monoisotopic (exact) mass is 309 g/mol. The number of benzene rings is 1. The van der Waals surface area contributed by atoms with E-state index in [1.807, 2.05) is 18.4 Å². The van der Waals surface area contributed by atoms with Gasteiger partial charge in [-0.15, -0.1) is 12.4 Å². The molecule has 3 rings (SSSR count). The van der Waals surface area contributed by atoms with Gasteiger partial charge in [-0.1, -0.05) is 17.8 Å². The van der Waals surface area contributed by atoms with Crippen LogP contribution in [0.3, 0.4) is 0 Å². The maximum Gasteiger partial charge on any atom is 0.189 e. The molecule has 1 aromatic heterocycles. The molecule has 1 aromatic carbocycles. The van der Waals surface area contributed by atoms with Crippen molar-refractivity contribution in [3.8, 4) is 5.75 Å². The van der Waals surface area contributed by atoms with E-state index in [4.69, 9.17) is 0 Å². The number of halogens is 1. The molecule has 1 aliphatic carbocycles. The first-order valence-corrected chi connectivity index (χ1v) is 7.48. The van der Waals surface area contributed by atoms with E-state index in [1.165, 1.54) is 5.56 Å². The van der Waals surface area contributed by atoms with Gasteiger partial charge in [0, 0.05) is 17.3 Å². The van der Waals surface area contributed by atoms with Crippen LogP contribution in [-0.2, 0) is 12.8 Å². The third-order valence-electron chi connectivity index (χ3n) is 3.20. The molecule has 2 N–H and O–H groups in total. The number of nitrogens with one attached hydrogen (secondary N) is 1. The van der Waals surface area contributed by atoms with E-state index in [-0.39, 0.29) is 18.2 Å². The summed E-state index contributed by atoms with van der Waals surface area (Å²) >= 11 is 1.55. The normalized spacial score (nSPS) is 12.7. The van der Waals surface area contributed by atoms with Gasteiger partial charge in [0.25, 0.3) is 0 Å². The van der Waals surface area contributed by atoms with Gasteiger partial charge in [0.1, 0.15) is 11.6 Å². The summed E-state index contributed by atoms with van der Waals surface area (Å²) in [7, 11) is 0. The first kappa shape index (κ1) is 14.9. The Labute approximate surface area is 128 Å². The molecular formula is C14H16ClN3OS. The number of phenols is 1. The smallest absolute Gasteiger partial charge is 0.189 e. The van der Waals surface area contributed by atoms with Crippen LogP contribution in [0.25, 0.3) is 0 Å². The summed E-state index contributed by atoms with van der Waals surface area (Å²) in [5, 5.41) is 13.6. The second-order valence-corrected chi connectivity index (χ2v) is 5.29. The van der Waals surface area contributed by atoms with E-state index in [2.05, 4.69) is 15.3 Å². The van der Waals surface area contributed by atoms with Gasteiger partial charge in [0.15, 0.2) is 5.16 Å². The standard InChI is InChI=1S/C14H15N3OS.ClH/c1-19-14-16-12-7-3-6-11(12)13(17-14)15-9-4-2-5-10(18)8-9;/h2,4-5,8,18H,3,6-7H2,1H3,(H,15,16,17);1H. The summed E-state index contributed by atoms with van der Waals surface area (Å²) in [5.74, 6) is 1.12. The Morgan fingerprint density at radius 2 is 2.10 bits per heavy atom. The molecule has 0 bridgehead atoms. The van der Waals surface area contributed by atoms with E-state index < -0.39 is 0 Å². The average molecular weight is 310 g/mol. The van der Waals surface area contributed by atoms with Crippen molar-refractivity contribution in [3.05, 3.63) is 35.5 Å². The second kappa shape index (κ2) is 6.33. The van der Waals surface area contributed by atoms with Crippen LogP contribution in [0, 0.1) is 0 Å². The fraction of sp³-hybridized carbons (Fsp3) is 0.286. The van der Waals surface area contributed by atoms with Crippen molar-refractivity contribution in [2.24, 2.45) is 0 Å². The number of anilines is 2. The Morgan fingerprint density at radius 1 is 1.25 bits per heavy atom. The van der Waals surface area contributed by atoms with Crippen molar-refractivity contribution >= 4 is 35.7 Å². The Kier molecular flexibility index (Phi) is 4.73. The first-order chi connectivity index (χ1) is 9.26. The molecule has 106 valence electrons. The van der Waals surface area contributed by atoms with Gasteiger partial charge in [-0.2, -0.15) is 0 Å². The molecule has 0 amide bonds. The lowest BCUT2D eigenvalue weighted by atomic mass is 10.2. The highest BCUT2D eigenvalue weighted by Gasteiger charge is 2.19. The molecule has 0 aliphatic heterocycles. The van der Waals surface area contributed by atoms with Crippen molar-refractivity contribution in [3.63, 3.8) is 0 Å². The number of nitrogens with zero attached hydrogens (tertiary/aromatic N) is 2. The molecule has 6 heteroatoms. The number of aryl methyl sites for hydroxylation is 1. The minimum atomic E-state index is 0. The maximum absolute atomic E-state index is 9.51. The van der Waals surface area contributed by atoms with E-state index in [9.17, 15) is 5.11 Å². The lowest BCUT2D eigenvalue weighted by Crippen LogP contribution is -2.02. The zero-order chi connectivity index (χ0) is 13.2. The molecule has 0 saturated heterocycles. The van der Waals surface area contributed by atoms with Gasteiger partial charge in [-0.05, 0) is 37.7 Å². The number of thioether (sulfide) groups is 1. The molecular weight excluding hydrogens is 294 g/mol. The highest BCUT2D eigenvalue weighted by atomic mass is 35.5. The van der Waals surface area contributed by atoms with Crippen LogP contribution in [-0.4, -0.2) is 21.3 Å². The molecule has 2 aromatic rings. The molecule has 0 unspecified atom stereocenters. The Balaban J connectivity index is 0.00000147. The molecule has 0 radical (unpaired) electrons. The molecule has 4 nitrogen and oxygen atoms in total. The minimum absolute atomic E-state index is 0. The maximum atomic E-state index is 9.51. The van der Waals surface area contributed by atoms with E-state index >= 15 is 0 Å². The minimum Gasteiger partial charge on any atom is -0.508 e. The quantitative estimate of drug-likeness (QED) is 0.670. The highest BCUT2D eigenvalue weighted by Crippen LogP contribution is 2.30. The van der Waals surface area contributed by atoms with Crippen molar-refractivity contribution in [1.29, 1.82) is 0 Å². The zero-order valence-corrected chi connectivity index (χ0v) is 12.7. The Morgan fingerprint density at radius 3 is 2.85 bits per heavy atom. The molecule has 0 spiro atoms. The van der Waals surface area contributed by atoms with Crippen molar-refractivity contribution in [2.75, 3.05) is 11.6 Å². The molecule has 1 heterocycles. The Bertz CT molecular complexity index is 621. The van der Waals surface area contributed by atoms with E-state index in [1.54, 1.807) is 23.9 Å². The number of fused-ring (bicyclic) bond motifs is 1. The molecule has 0 saturated carbocycles. The molecule has 0 atom stereocenters. The summed E-state index contributed by atoms with van der Waals surface area (Å²) in [6.07, 6.45) is 5.16. The highest BCUT2D eigenvalue weighted by molar-refractivity contribution is 7.98. The second-order valence-electron chi connectivity index (χ2n) is 4.51. The van der Waals surface area contributed by atoms with Gasteiger partial charge < -0.3 is 10.4 Å². The third kappa shape index (κ3) is 2.99. The number of hydrogen-bond acceptors (Lipinski definition) is 5. The molecule has 20 heavy (non-hydrogen) atoms.